The smallest absolute Gasteiger partial charge is 0.238 e. The molecule has 0 aliphatic carbocycles. The van der Waals surface area contributed by atoms with E-state index < -0.39 is 0 Å². The van der Waals surface area contributed by atoms with Gasteiger partial charge in [-0.3, -0.25) is 4.79 Å². The maximum atomic E-state index is 11.9. The van der Waals surface area contributed by atoms with Crippen LogP contribution in [0.3, 0.4) is 0 Å². The van der Waals surface area contributed by atoms with E-state index in [0.29, 0.717) is 10.6 Å². The highest BCUT2D eigenvalue weighted by molar-refractivity contribution is 9.10. The lowest BCUT2D eigenvalue weighted by atomic mass is 10.1. The number of nitriles is 1. The van der Waals surface area contributed by atoms with E-state index in [9.17, 15) is 4.79 Å². The van der Waals surface area contributed by atoms with Crippen molar-refractivity contribution in [3.8, 4) is 6.07 Å². The van der Waals surface area contributed by atoms with Crippen LogP contribution in [0.1, 0.15) is 24.1 Å². The molecule has 0 unspecified atom stereocenters. The third-order valence-electron chi connectivity index (χ3n) is 2.98. The van der Waals surface area contributed by atoms with E-state index in [1.807, 2.05) is 37.3 Å². The zero-order valence-electron chi connectivity index (χ0n) is 11.4. The van der Waals surface area contributed by atoms with Crippen LogP contribution in [0.25, 0.3) is 0 Å². The van der Waals surface area contributed by atoms with Gasteiger partial charge in [-0.15, -0.1) is 11.3 Å². The van der Waals surface area contributed by atoms with Gasteiger partial charge in [0.15, 0.2) is 0 Å². The molecule has 0 radical (unpaired) electrons. The van der Waals surface area contributed by atoms with Gasteiger partial charge in [-0.2, -0.15) is 5.26 Å². The molecule has 0 saturated carbocycles. The van der Waals surface area contributed by atoms with Gasteiger partial charge in [0.2, 0.25) is 5.91 Å². The van der Waals surface area contributed by atoms with Crippen molar-refractivity contribution in [3.63, 3.8) is 0 Å². The van der Waals surface area contributed by atoms with Crippen LogP contribution in [-0.2, 0) is 4.79 Å². The average Bonchev–Trinajstić information content (AvgIpc) is 2.92. The molecular weight excluding hydrogens is 350 g/mol. The highest BCUT2D eigenvalue weighted by atomic mass is 79.9. The van der Waals surface area contributed by atoms with Crippen LogP contribution in [0.5, 0.6) is 0 Å². The summed E-state index contributed by atoms with van der Waals surface area (Å²) in [7, 11) is 0. The molecular formula is C15H14BrN3OS. The zero-order chi connectivity index (χ0) is 15.2. The summed E-state index contributed by atoms with van der Waals surface area (Å²) in [6, 6.07) is 11.7. The topological polar surface area (TPSA) is 64.9 Å². The van der Waals surface area contributed by atoms with Crippen LogP contribution >= 0.6 is 27.3 Å². The van der Waals surface area contributed by atoms with Gasteiger partial charge < -0.3 is 10.6 Å². The lowest BCUT2D eigenvalue weighted by Gasteiger charge is -2.15. The molecule has 1 atom stereocenters. The van der Waals surface area contributed by atoms with Gasteiger partial charge in [0.25, 0.3) is 0 Å². The maximum Gasteiger partial charge on any atom is 0.238 e. The van der Waals surface area contributed by atoms with Gasteiger partial charge in [0.05, 0.1) is 12.1 Å². The minimum Gasteiger partial charge on any atom is -0.315 e. The van der Waals surface area contributed by atoms with Crippen molar-refractivity contribution in [1.82, 2.24) is 5.32 Å². The number of nitrogens with zero attached hydrogens (tertiary/aromatic N) is 1. The SMILES string of the molecule is C[C@H](NCC(=O)Nc1sccc1C#N)c1ccccc1Br. The van der Waals surface area contributed by atoms with Crippen molar-refractivity contribution in [1.29, 1.82) is 5.26 Å². The molecule has 1 aromatic heterocycles. The number of benzene rings is 1. The van der Waals surface area contributed by atoms with Gasteiger partial charge in [-0.05, 0) is 30.0 Å². The molecule has 1 amide bonds. The molecule has 0 fully saturated rings. The van der Waals surface area contributed by atoms with Gasteiger partial charge in [0.1, 0.15) is 11.1 Å². The number of halogens is 1. The molecule has 0 bridgehead atoms. The van der Waals surface area contributed by atoms with Gasteiger partial charge in [0, 0.05) is 10.5 Å². The summed E-state index contributed by atoms with van der Waals surface area (Å²) in [6.45, 7) is 2.19. The van der Waals surface area contributed by atoms with Crippen molar-refractivity contribution < 1.29 is 4.79 Å². The van der Waals surface area contributed by atoms with E-state index in [2.05, 4.69) is 26.6 Å². The first-order chi connectivity index (χ1) is 10.1. The predicted octanol–water partition coefficient (Wildman–Crippen LogP) is 3.67. The second kappa shape index (κ2) is 7.36. The number of hydrogen-bond acceptors (Lipinski definition) is 4. The Morgan fingerprint density at radius 2 is 2.19 bits per heavy atom. The minimum atomic E-state index is -0.159. The molecule has 2 rings (SSSR count). The van der Waals surface area contributed by atoms with Crippen molar-refractivity contribution in [2.75, 3.05) is 11.9 Å². The molecule has 0 saturated heterocycles. The van der Waals surface area contributed by atoms with E-state index in [1.165, 1.54) is 11.3 Å². The van der Waals surface area contributed by atoms with Crippen molar-refractivity contribution in [3.05, 3.63) is 51.3 Å². The first-order valence-corrected chi connectivity index (χ1v) is 8.04. The number of nitrogens with one attached hydrogen (secondary N) is 2. The molecule has 6 heteroatoms. The van der Waals surface area contributed by atoms with Gasteiger partial charge in [-0.25, -0.2) is 0 Å². The molecule has 4 nitrogen and oxygen atoms in total. The standard InChI is InChI=1S/C15H14BrN3OS/c1-10(12-4-2-3-5-13(12)16)18-9-14(20)19-15-11(8-17)6-7-21-15/h2-7,10,18H,9H2,1H3,(H,19,20)/t10-/m0/s1. The Morgan fingerprint density at radius 3 is 2.90 bits per heavy atom. The molecule has 2 aromatic rings. The number of carbonyl (C=O) groups excluding carboxylic acids is 1. The fourth-order valence-electron chi connectivity index (χ4n) is 1.85. The van der Waals surface area contributed by atoms with E-state index in [0.717, 1.165) is 10.0 Å². The second-order valence-electron chi connectivity index (χ2n) is 4.45. The van der Waals surface area contributed by atoms with Crippen LogP contribution < -0.4 is 10.6 Å². The molecule has 21 heavy (non-hydrogen) atoms. The van der Waals surface area contributed by atoms with Crippen molar-refractivity contribution in [2.24, 2.45) is 0 Å². The summed E-state index contributed by atoms with van der Waals surface area (Å²) >= 11 is 4.84. The monoisotopic (exact) mass is 363 g/mol. The Labute approximate surface area is 135 Å². The summed E-state index contributed by atoms with van der Waals surface area (Å²) < 4.78 is 1.01. The Bertz CT molecular complexity index is 678. The molecule has 1 heterocycles. The summed E-state index contributed by atoms with van der Waals surface area (Å²) in [4.78, 5) is 11.9. The fourth-order valence-corrected chi connectivity index (χ4v) is 3.23. The summed E-state index contributed by atoms with van der Waals surface area (Å²) in [5.41, 5.74) is 1.59. The first-order valence-electron chi connectivity index (χ1n) is 6.37. The molecule has 0 spiro atoms. The van der Waals surface area contributed by atoms with Gasteiger partial charge in [-0.1, -0.05) is 34.1 Å². The zero-order valence-corrected chi connectivity index (χ0v) is 13.8. The highest BCUT2D eigenvalue weighted by Gasteiger charge is 2.12. The largest absolute Gasteiger partial charge is 0.315 e. The number of rotatable bonds is 5. The summed E-state index contributed by atoms with van der Waals surface area (Å²) in [5, 5.41) is 17.2. The third kappa shape index (κ3) is 4.14. The summed E-state index contributed by atoms with van der Waals surface area (Å²) in [5.74, 6) is -0.159. The number of thiophene rings is 1. The van der Waals surface area contributed by atoms with Crippen LogP contribution in [0.2, 0.25) is 0 Å². The van der Waals surface area contributed by atoms with E-state index in [1.54, 1.807) is 11.4 Å². The lowest BCUT2D eigenvalue weighted by Crippen LogP contribution is -2.30. The molecule has 0 aliphatic rings. The molecule has 0 aliphatic heterocycles. The first kappa shape index (κ1) is 15.7. The van der Waals surface area contributed by atoms with Crippen LogP contribution in [0.15, 0.2) is 40.2 Å². The second-order valence-corrected chi connectivity index (χ2v) is 6.22. The highest BCUT2D eigenvalue weighted by Crippen LogP contribution is 2.23. The summed E-state index contributed by atoms with van der Waals surface area (Å²) in [6.07, 6.45) is 0. The molecule has 2 N–H and O–H groups in total. The van der Waals surface area contributed by atoms with Crippen LogP contribution in [-0.4, -0.2) is 12.5 Å². The normalized spacial score (nSPS) is 11.7. The molecule has 1 aromatic carbocycles. The number of hydrogen-bond donors (Lipinski definition) is 2. The molecule has 108 valence electrons. The maximum absolute atomic E-state index is 11.9. The van der Waals surface area contributed by atoms with Crippen molar-refractivity contribution >= 4 is 38.2 Å². The van der Waals surface area contributed by atoms with E-state index in [-0.39, 0.29) is 18.5 Å². The van der Waals surface area contributed by atoms with E-state index >= 15 is 0 Å². The number of amides is 1. The Balaban J connectivity index is 1.90. The minimum absolute atomic E-state index is 0.0464. The Morgan fingerprint density at radius 1 is 1.43 bits per heavy atom. The number of anilines is 1. The van der Waals surface area contributed by atoms with Crippen molar-refractivity contribution in [2.45, 2.75) is 13.0 Å². The number of carbonyl (C=O) groups is 1. The predicted molar refractivity (Wildman–Crippen MR) is 88.2 cm³/mol. The van der Waals surface area contributed by atoms with Gasteiger partial charge >= 0.3 is 0 Å². The Kier molecular flexibility index (Phi) is 5.51. The average molecular weight is 364 g/mol. The van der Waals surface area contributed by atoms with Crippen LogP contribution in [0, 0.1) is 11.3 Å². The van der Waals surface area contributed by atoms with Crippen LogP contribution in [0.4, 0.5) is 5.00 Å². The van der Waals surface area contributed by atoms with E-state index in [4.69, 9.17) is 5.26 Å². The lowest BCUT2D eigenvalue weighted by molar-refractivity contribution is -0.115. The third-order valence-corrected chi connectivity index (χ3v) is 4.53. The Hall–Kier alpha value is -1.68. The fraction of sp³-hybridized carbons (Fsp3) is 0.200. The quantitative estimate of drug-likeness (QED) is 0.851.